The highest BCUT2D eigenvalue weighted by Gasteiger charge is 2.30. The van der Waals surface area contributed by atoms with Crippen molar-refractivity contribution in [2.45, 2.75) is 38.8 Å². The maximum Gasteiger partial charge on any atom is 0.117 e. The molecule has 1 rings (SSSR count). The van der Waals surface area contributed by atoms with E-state index in [9.17, 15) is 9.50 Å². The van der Waals surface area contributed by atoms with Crippen LogP contribution in [-0.2, 0) is 0 Å². The molecule has 0 amide bonds. The van der Waals surface area contributed by atoms with Gasteiger partial charge < -0.3 is 5.11 Å². The molecule has 13 heavy (non-hydrogen) atoms. The standard InChI is InChI=1S/C10H20FNO/c1-3-10-8(2)4-5-12(10)7-9(13)6-11/h8-10,13H,3-7H2,1-2H3. The van der Waals surface area contributed by atoms with Gasteiger partial charge in [-0.15, -0.1) is 0 Å². The summed E-state index contributed by atoms with van der Waals surface area (Å²) >= 11 is 0. The van der Waals surface area contributed by atoms with Gasteiger partial charge in [0.05, 0.1) is 6.10 Å². The summed E-state index contributed by atoms with van der Waals surface area (Å²) in [6.07, 6.45) is 1.48. The highest BCUT2D eigenvalue weighted by molar-refractivity contribution is 4.84. The Labute approximate surface area is 79.7 Å². The zero-order valence-corrected chi connectivity index (χ0v) is 8.54. The van der Waals surface area contributed by atoms with Gasteiger partial charge in [0.1, 0.15) is 6.67 Å². The van der Waals surface area contributed by atoms with Crippen LogP contribution in [0.2, 0.25) is 0 Å². The second kappa shape index (κ2) is 4.91. The third-order valence-electron chi connectivity index (χ3n) is 3.04. The Morgan fingerprint density at radius 2 is 2.31 bits per heavy atom. The first-order chi connectivity index (χ1) is 6.19. The summed E-state index contributed by atoms with van der Waals surface area (Å²) in [4.78, 5) is 2.22. The lowest BCUT2D eigenvalue weighted by molar-refractivity contribution is 0.0795. The van der Waals surface area contributed by atoms with Crippen LogP contribution in [0.25, 0.3) is 0 Å². The number of aliphatic hydroxyl groups excluding tert-OH is 1. The van der Waals surface area contributed by atoms with E-state index in [4.69, 9.17) is 0 Å². The highest BCUT2D eigenvalue weighted by atomic mass is 19.1. The van der Waals surface area contributed by atoms with Gasteiger partial charge >= 0.3 is 0 Å². The van der Waals surface area contributed by atoms with Crippen molar-refractivity contribution < 1.29 is 9.50 Å². The van der Waals surface area contributed by atoms with Crippen LogP contribution in [-0.4, -0.2) is 41.9 Å². The van der Waals surface area contributed by atoms with Crippen LogP contribution >= 0.6 is 0 Å². The molecule has 0 saturated carbocycles. The lowest BCUT2D eigenvalue weighted by Crippen LogP contribution is -2.38. The number of hydrogen-bond acceptors (Lipinski definition) is 2. The van der Waals surface area contributed by atoms with Crippen LogP contribution in [0.3, 0.4) is 0 Å². The van der Waals surface area contributed by atoms with E-state index in [1.54, 1.807) is 0 Å². The monoisotopic (exact) mass is 189 g/mol. The van der Waals surface area contributed by atoms with Crippen LogP contribution in [0.1, 0.15) is 26.7 Å². The molecule has 0 bridgehead atoms. The quantitative estimate of drug-likeness (QED) is 0.723. The Balaban J connectivity index is 2.41. The van der Waals surface area contributed by atoms with Gasteiger partial charge in [-0.05, 0) is 25.3 Å². The maximum atomic E-state index is 12.1. The van der Waals surface area contributed by atoms with Crippen molar-refractivity contribution in [3.05, 3.63) is 0 Å². The van der Waals surface area contributed by atoms with Crippen molar-refractivity contribution in [3.63, 3.8) is 0 Å². The molecule has 3 unspecified atom stereocenters. The van der Waals surface area contributed by atoms with E-state index in [1.807, 2.05) is 0 Å². The van der Waals surface area contributed by atoms with Crippen molar-refractivity contribution in [2.24, 2.45) is 5.92 Å². The smallest absolute Gasteiger partial charge is 0.117 e. The summed E-state index contributed by atoms with van der Waals surface area (Å²) in [6, 6.07) is 0.543. The van der Waals surface area contributed by atoms with Crippen LogP contribution in [0.4, 0.5) is 4.39 Å². The van der Waals surface area contributed by atoms with E-state index in [0.29, 0.717) is 18.5 Å². The zero-order valence-electron chi connectivity index (χ0n) is 8.54. The van der Waals surface area contributed by atoms with Crippen LogP contribution < -0.4 is 0 Å². The third kappa shape index (κ3) is 2.64. The third-order valence-corrected chi connectivity index (χ3v) is 3.04. The molecule has 0 radical (unpaired) electrons. The molecule has 1 aliphatic rings. The second-order valence-electron chi connectivity index (χ2n) is 4.04. The van der Waals surface area contributed by atoms with E-state index in [1.165, 1.54) is 6.42 Å². The molecular formula is C10H20FNO. The number of halogens is 1. The molecule has 3 heteroatoms. The molecule has 0 aromatic rings. The fourth-order valence-electron chi connectivity index (χ4n) is 2.29. The second-order valence-corrected chi connectivity index (χ2v) is 4.04. The molecule has 0 spiro atoms. The van der Waals surface area contributed by atoms with Crippen LogP contribution in [0, 0.1) is 5.92 Å². The van der Waals surface area contributed by atoms with Crippen molar-refractivity contribution in [3.8, 4) is 0 Å². The Kier molecular flexibility index (Phi) is 4.13. The first kappa shape index (κ1) is 10.9. The minimum Gasteiger partial charge on any atom is -0.389 e. The number of aliphatic hydroxyl groups is 1. The molecule has 3 atom stereocenters. The molecule has 1 saturated heterocycles. The lowest BCUT2D eigenvalue weighted by atomic mass is 10.0. The number of likely N-dealkylation sites (tertiary alicyclic amines) is 1. The number of hydrogen-bond donors (Lipinski definition) is 1. The van der Waals surface area contributed by atoms with Crippen molar-refractivity contribution in [2.75, 3.05) is 19.8 Å². The average molecular weight is 189 g/mol. The van der Waals surface area contributed by atoms with Gasteiger partial charge in [-0.3, -0.25) is 4.90 Å². The molecule has 0 aliphatic carbocycles. The number of alkyl halides is 1. The largest absolute Gasteiger partial charge is 0.389 e. The number of rotatable bonds is 4. The maximum absolute atomic E-state index is 12.1. The Hall–Kier alpha value is -0.150. The summed E-state index contributed by atoms with van der Waals surface area (Å²) in [5.41, 5.74) is 0. The normalized spacial score (nSPS) is 32.3. The van der Waals surface area contributed by atoms with Crippen LogP contribution in [0.15, 0.2) is 0 Å². The summed E-state index contributed by atoms with van der Waals surface area (Å²) < 4.78 is 12.1. The van der Waals surface area contributed by atoms with Crippen molar-refractivity contribution in [1.29, 1.82) is 0 Å². The highest BCUT2D eigenvalue weighted by Crippen LogP contribution is 2.25. The Morgan fingerprint density at radius 3 is 2.85 bits per heavy atom. The predicted molar refractivity (Wildman–Crippen MR) is 51.4 cm³/mol. The SMILES string of the molecule is CCC1C(C)CCN1CC(O)CF. The average Bonchev–Trinajstić information content (AvgIpc) is 2.46. The van der Waals surface area contributed by atoms with Gasteiger partial charge in [-0.25, -0.2) is 4.39 Å². The number of nitrogens with zero attached hydrogens (tertiary/aromatic N) is 1. The molecule has 1 fully saturated rings. The van der Waals surface area contributed by atoms with E-state index >= 15 is 0 Å². The fourth-order valence-corrected chi connectivity index (χ4v) is 2.29. The molecule has 1 N–H and O–H groups in total. The van der Waals surface area contributed by atoms with Gasteiger partial charge in [0.25, 0.3) is 0 Å². The van der Waals surface area contributed by atoms with Crippen molar-refractivity contribution >= 4 is 0 Å². The van der Waals surface area contributed by atoms with E-state index in [-0.39, 0.29) is 0 Å². The van der Waals surface area contributed by atoms with Gasteiger partial charge in [0.15, 0.2) is 0 Å². The Bertz CT molecular complexity index is 154. The van der Waals surface area contributed by atoms with E-state index in [0.717, 1.165) is 13.0 Å². The molecule has 0 aromatic carbocycles. The van der Waals surface area contributed by atoms with Gasteiger partial charge in [0, 0.05) is 12.6 Å². The predicted octanol–water partition coefficient (Wildman–Crippen LogP) is 1.44. The summed E-state index contributed by atoms with van der Waals surface area (Å²) in [7, 11) is 0. The fraction of sp³-hybridized carbons (Fsp3) is 1.00. The molecule has 0 aromatic heterocycles. The minimum absolute atomic E-state index is 0.499. The minimum atomic E-state index is -0.792. The summed E-state index contributed by atoms with van der Waals surface area (Å²) in [5, 5.41) is 9.20. The first-order valence-corrected chi connectivity index (χ1v) is 5.17. The lowest BCUT2D eigenvalue weighted by Gasteiger charge is -2.26. The Morgan fingerprint density at radius 1 is 1.62 bits per heavy atom. The van der Waals surface area contributed by atoms with Gasteiger partial charge in [0.2, 0.25) is 0 Å². The van der Waals surface area contributed by atoms with Gasteiger partial charge in [-0.1, -0.05) is 13.8 Å². The summed E-state index contributed by atoms with van der Waals surface area (Å²) in [5.74, 6) is 0.691. The van der Waals surface area contributed by atoms with E-state index in [2.05, 4.69) is 18.7 Å². The topological polar surface area (TPSA) is 23.5 Å². The van der Waals surface area contributed by atoms with E-state index < -0.39 is 12.8 Å². The first-order valence-electron chi connectivity index (χ1n) is 5.17. The molecule has 1 heterocycles. The summed E-state index contributed by atoms with van der Waals surface area (Å²) in [6.45, 7) is 5.27. The number of β-amino-alcohol motifs (C(OH)–C–C–N with tert-alkyl or cyclic N) is 1. The molecular weight excluding hydrogens is 169 g/mol. The molecule has 1 aliphatic heterocycles. The molecule has 2 nitrogen and oxygen atoms in total. The van der Waals surface area contributed by atoms with Crippen molar-refractivity contribution in [1.82, 2.24) is 4.90 Å². The molecule has 78 valence electrons. The van der Waals surface area contributed by atoms with Crippen LogP contribution in [0.5, 0.6) is 0 Å². The zero-order chi connectivity index (χ0) is 9.84. The van der Waals surface area contributed by atoms with Gasteiger partial charge in [-0.2, -0.15) is 0 Å².